The van der Waals surface area contributed by atoms with E-state index < -0.39 is 0 Å². The number of rotatable bonds is 2. The molecule has 0 spiro atoms. The van der Waals surface area contributed by atoms with Crippen molar-refractivity contribution in [2.45, 2.75) is 27.3 Å². The maximum absolute atomic E-state index is 11.7. The Bertz CT molecular complexity index is 655. The zero-order chi connectivity index (χ0) is 13.3. The molecule has 0 aliphatic rings. The van der Waals surface area contributed by atoms with Crippen LogP contribution in [0.15, 0.2) is 27.7 Å². The number of thiazole rings is 1. The van der Waals surface area contributed by atoms with Crippen LogP contribution in [0.25, 0.3) is 10.2 Å². The van der Waals surface area contributed by atoms with Gasteiger partial charge in [-0.1, -0.05) is 41.1 Å². The van der Waals surface area contributed by atoms with Gasteiger partial charge in [-0.2, -0.15) is 4.99 Å². The van der Waals surface area contributed by atoms with Crippen LogP contribution in [0.1, 0.15) is 20.8 Å². The minimum Gasteiger partial charge on any atom is -0.317 e. The standard InChI is InChI=1S/C13H15BrN2OS/c1-4-16-10-6-5-9(14)7-11(10)18-13(16)15-12(17)8(2)3/h5-8H,4H2,1-3H3. The minimum absolute atomic E-state index is 0.0627. The number of carbonyl (C=O) groups is 1. The highest BCUT2D eigenvalue weighted by atomic mass is 79.9. The summed E-state index contributed by atoms with van der Waals surface area (Å²) in [5.41, 5.74) is 1.13. The first-order valence-electron chi connectivity index (χ1n) is 5.90. The molecule has 2 aromatic rings. The molecule has 3 nitrogen and oxygen atoms in total. The van der Waals surface area contributed by atoms with Crippen LogP contribution in [0, 0.1) is 5.92 Å². The lowest BCUT2D eigenvalue weighted by atomic mass is 10.2. The van der Waals surface area contributed by atoms with Crippen LogP contribution in [0.4, 0.5) is 0 Å². The van der Waals surface area contributed by atoms with E-state index in [1.54, 1.807) is 11.3 Å². The molecule has 0 saturated heterocycles. The van der Waals surface area contributed by atoms with Gasteiger partial charge in [0.25, 0.3) is 5.91 Å². The summed E-state index contributed by atoms with van der Waals surface area (Å²) in [6.45, 7) is 6.61. The first-order valence-corrected chi connectivity index (χ1v) is 7.51. The number of aromatic nitrogens is 1. The average molecular weight is 327 g/mol. The molecule has 1 heterocycles. The maximum atomic E-state index is 11.7. The highest BCUT2D eigenvalue weighted by molar-refractivity contribution is 9.10. The Kier molecular flexibility index (Phi) is 4.02. The number of hydrogen-bond donors (Lipinski definition) is 0. The van der Waals surface area contributed by atoms with Crippen LogP contribution < -0.4 is 4.80 Å². The topological polar surface area (TPSA) is 34.4 Å². The molecule has 0 saturated carbocycles. The van der Waals surface area contributed by atoms with Crippen molar-refractivity contribution >= 4 is 43.4 Å². The van der Waals surface area contributed by atoms with Gasteiger partial charge in [0.1, 0.15) is 0 Å². The molecular formula is C13H15BrN2OS. The third-order valence-corrected chi connectivity index (χ3v) is 4.20. The molecule has 0 aliphatic carbocycles. The van der Waals surface area contributed by atoms with Gasteiger partial charge >= 0.3 is 0 Å². The Balaban J connectivity index is 2.68. The smallest absolute Gasteiger partial charge is 0.250 e. The highest BCUT2D eigenvalue weighted by Gasteiger charge is 2.09. The molecule has 2 rings (SSSR count). The van der Waals surface area contributed by atoms with Crippen molar-refractivity contribution in [2.75, 3.05) is 0 Å². The van der Waals surface area contributed by atoms with E-state index in [4.69, 9.17) is 0 Å². The van der Waals surface area contributed by atoms with Crippen molar-refractivity contribution in [1.29, 1.82) is 0 Å². The number of amides is 1. The van der Waals surface area contributed by atoms with Gasteiger partial charge in [-0.3, -0.25) is 4.79 Å². The molecule has 5 heteroatoms. The van der Waals surface area contributed by atoms with Crippen molar-refractivity contribution in [3.8, 4) is 0 Å². The number of hydrogen-bond acceptors (Lipinski definition) is 2. The Morgan fingerprint density at radius 1 is 1.50 bits per heavy atom. The monoisotopic (exact) mass is 326 g/mol. The Morgan fingerprint density at radius 2 is 2.22 bits per heavy atom. The van der Waals surface area contributed by atoms with Crippen LogP contribution in [-0.4, -0.2) is 10.5 Å². The van der Waals surface area contributed by atoms with Crippen molar-refractivity contribution in [3.05, 3.63) is 27.5 Å². The quantitative estimate of drug-likeness (QED) is 0.830. The molecule has 18 heavy (non-hydrogen) atoms. The summed E-state index contributed by atoms with van der Waals surface area (Å²) in [6, 6.07) is 6.12. The molecule has 0 atom stereocenters. The van der Waals surface area contributed by atoms with Crippen LogP contribution in [0.3, 0.4) is 0 Å². The predicted octanol–water partition coefficient (Wildman–Crippen LogP) is 3.57. The third-order valence-electron chi connectivity index (χ3n) is 2.66. The molecule has 1 amide bonds. The lowest BCUT2D eigenvalue weighted by Gasteiger charge is -2.00. The van der Waals surface area contributed by atoms with Crippen LogP contribution in [0.2, 0.25) is 0 Å². The first kappa shape index (κ1) is 13.5. The summed E-state index contributed by atoms with van der Waals surface area (Å²) in [6.07, 6.45) is 0. The molecule has 0 radical (unpaired) electrons. The van der Waals surface area contributed by atoms with E-state index >= 15 is 0 Å². The van der Waals surface area contributed by atoms with E-state index in [2.05, 4.69) is 44.5 Å². The number of nitrogens with zero attached hydrogens (tertiary/aromatic N) is 2. The zero-order valence-corrected chi connectivity index (χ0v) is 13.0. The van der Waals surface area contributed by atoms with Gasteiger partial charge < -0.3 is 4.57 Å². The molecule has 96 valence electrons. The van der Waals surface area contributed by atoms with Gasteiger partial charge in [0.2, 0.25) is 0 Å². The molecule has 0 unspecified atom stereocenters. The van der Waals surface area contributed by atoms with E-state index in [0.717, 1.165) is 26.0 Å². The van der Waals surface area contributed by atoms with Gasteiger partial charge in [0, 0.05) is 16.9 Å². The largest absolute Gasteiger partial charge is 0.317 e. The van der Waals surface area contributed by atoms with Crippen molar-refractivity contribution in [1.82, 2.24) is 4.57 Å². The van der Waals surface area contributed by atoms with Gasteiger partial charge in [-0.05, 0) is 25.1 Å². The number of benzene rings is 1. The van der Waals surface area contributed by atoms with E-state index in [1.165, 1.54) is 0 Å². The summed E-state index contributed by atoms with van der Waals surface area (Å²) >= 11 is 5.02. The van der Waals surface area contributed by atoms with Gasteiger partial charge in [-0.25, -0.2) is 0 Å². The predicted molar refractivity (Wildman–Crippen MR) is 78.6 cm³/mol. The number of fused-ring (bicyclic) bond motifs is 1. The van der Waals surface area contributed by atoms with Crippen molar-refractivity contribution in [3.63, 3.8) is 0 Å². The molecule has 0 aliphatic heterocycles. The molecule has 0 bridgehead atoms. The fourth-order valence-electron chi connectivity index (χ4n) is 1.66. The second-order valence-electron chi connectivity index (χ2n) is 4.35. The van der Waals surface area contributed by atoms with Crippen LogP contribution in [0.5, 0.6) is 0 Å². The normalized spacial score (nSPS) is 12.6. The molecule has 0 N–H and O–H groups in total. The maximum Gasteiger partial charge on any atom is 0.250 e. The van der Waals surface area contributed by atoms with Gasteiger partial charge in [-0.15, -0.1) is 0 Å². The van der Waals surface area contributed by atoms with E-state index in [0.29, 0.717) is 0 Å². The lowest BCUT2D eigenvalue weighted by Crippen LogP contribution is -2.17. The second kappa shape index (κ2) is 5.36. The van der Waals surface area contributed by atoms with Crippen LogP contribution >= 0.6 is 27.3 Å². The summed E-state index contributed by atoms with van der Waals surface area (Å²) < 4.78 is 4.26. The summed E-state index contributed by atoms with van der Waals surface area (Å²) in [5, 5.41) is 0. The van der Waals surface area contributed by atoms with E-state index in [9.17, 15) is 4.79 Å². The number of aryl methyl sites for hydroxylation is 1. The average Bonchev–Trinajstić information content (AvgIpc) is 2.64. The van der Waals surface area contributed by atoms with Crippen LogP contribution in [-0.2, 0) is 11.3 Å². The summed E-state index contributed by atoms with van der Waals surface area (Å²) in [7, 11) is 0. The first-order chi connectivity index (χ1) is 8.52. The summed E-state index contributed by atoms with van der Waals surface area (Å²) in [5.74, 6) is -0.130. The van der Waals surface area contributed by atoms with Gasteiger partial charge in [0.05, 0.1) is 10.2 Å². The Hall–Kier alpha value is -0.940. The van der Waals surface area contributed by atoms with E-state index in [1.807, 2.05) is 19.9 Å². The molecule has 0 fully saturated rings. The lowest BCUT2D eigenvalue weighted by molar-refractivity contribution is -0.120. The molecule has 1 aromatic carbocycles. The zero-order valence-electron chi connectivity index (χ0n) is 10.6. The SMILES string of the molecule is CCn1c(=NC(=O)C(C)C)sc2cc(Br)ccc21. The van der Waals surface area contributed by atoms with Crippen molar-refractivity contribution < 1.29 is 4.79 Å². The third kappa shape index (κ3) is 2.57. The second-order valence-corrected chi connectivity index (χ2v) is 6.27. The highest BCUT2D eigenvalue weighted by Crippen LogP contribution is 2.22. The Morgan fingerprint density at radius 3 is 2.83 bits per heavy atom. The molecular weight excluding hydrogens is 312 g/mol. The van der Waals surface area contributed by atoms with Gasteiger partial charge in [0.15, 0.2) is 4.80 Å². The summed E-state index contributed by atoms with van der Waals surface area (Å²) in [4.78, 5) is 16.7. The molecule has 1 aromatic heterocycles. The minimum atomic E-state index is -0.0668. The fourth-order valence-corrected chi connectivity index (χ4v) is 3.31. The Labute approximate surface area is 118 Å². The fraction of sp³-hybridized carbons (Fsp3) is 0.385. The van der Waals surface area contributed by atoms with Crippen molar-refractivity contribution in [2.24, 2.45) is 10.9 Å². The van der Waals surface area contributed by atoms with E-state index in [-0.39, 0.29) is 11.8 Å². The number of carbonyl (C=O) groups excluding carboxylic acids is 1. The number of halogens is 1.